The molecule has 19 heavy (non-hydrogen) atoms. The number of hydrogen-bond acceptors (Lipinski definition) is 3. The lowest BCUT2D eigenvalue weighted by Crippen LogP contribution is -2.07. The molecule has 0 amide bonds. The van der Waals surface area contributed by atoms with Gasteiger partial charge in [-0.25, -0.2) is 17.2 Å². The van der Waals surface area contributed by atoms with Crippen LogP contribution in [0, 0.1) is 11.6 Å². The Labute approximate surface area is 109 Å². The third-order valence-corrected chi connectivity index (χ3v) is 4.27. The SMILES string of the molecule is Nc1ccc(S(=O)(=O)Cc2cc(F)ccc2F)cc1. The van der Waals surface area contributed by atoms with Gasteiger partial charge in [0.2, 0.25) is 0 Å². The van der Waals surface area contributed by atoms with Crippen LogP contribution >= 0.6 is 0 Å². The van der Waals surface area contributed by atoms with Crippen molar-refractivity contribution in [3.05, 3.63) is 59.7 Å². The predicted molar refractivity (Wildman–Crippen MR) is 68.1 cm³/mol. The third-order valence-electron chi connectivity index (χ3n) is 2.59. The van der Waals surface area contributed by atoms with Gasteiger partial charge in [0.15, 0.2) is 9.84 Å². The molecule has 0 saturated carbocycles. The summed E-state index contributed by atoms with van der Waals surface area (Å²) in [7, 11) is -3.73. The van der Waals surface area contributed by atoms with Gasteiger partial charge in [0.25, 0.3) is 0 Å². The maximum Gasteiger partial charge on any atom is 0.182 e. The molecule has 3 nitrogen and oxygen atoms in total. The molecule has 2 aromatic rings. The van der Waals surface area contributed by atoms with Crippen molar-refractivity contribution in [2.75, 3.05) is 5.73 Å². The van der Waals surface area contributed by atoms with Crippen LogP contribution in [0.4, 0.5) is 14.5 Å². The maximum absolute atomic E-state index is 13.4. The Hall–Kier alpha value is -1.95. The molecule has 0 radical (unpaired) electrons. The molecule has 6 heteroatoms. The van der Waals surface area contributed by atoms with Crippen LogP contribution in [-0.2, 0) is 15.6 Å². The second-order valence-corrected chi connectivity index (χ2v) is 6.05. The normalized spacial score (nSPS) is 11.5. The van der Waals surface area contributed by atoms with Crippen LogP contribution in [0.3, 0.4) is 0 Å². The Morgan fingerprint density at radius 3 is 2.26 bits per heavy atom. The summed E-state index contributed by atoms with van der Waals surface area (Å²) in [6.07, 6.45) is 0. The molecule has 0 aliphatic rings. The number of nitrogens with two attached hydrogens (primary N) is 1. The van der Waals surface area contributed by atoms with Crippen molar-refractivity contribution in [1.82, 2.24) is 0 Å². The number of rotatable bonds is 3. The Balaban J connectivity index is 2.36. The van der Waals surface area contributed by atoms with E-state index in [2.05, 4.69) is 0 Å². The first-order chi connectivity index (χ1) is 8.88. The van der Waals surface area contributed by atoms with Gasteiger partial charge in [-0.15, -0.1) is 0 Å². The number of hydrogen-bond donors (Lipinski definition) is 1. The summed E-state index contributed by atoms with van der Waals surface area (Å²) in [6, 6.07) is 8.27. The molecule has 2 N–H and O–H groups in total. The third kappa shape index (κ3) is 3.08. The molecule has 0 saturated heterocycles. The highest BCUT2D eigenvalue weighted by Crippen LogP contribution is 2.20. The lowest BCUT2D eigenvalue weighted by molar-refractivity contribution is 0.578. The zero-order valence-corrected chi connectivity index (χ0v) is 10.6. The van der Waals surface area contributed by atoms with Crippen molar-refractivity contribution in [1.29, 1.82) is 0 Å². The van der Waals surface area contributed by atoms with E-state index in [0.717, 1.165) is 18.2 Å². The highest BCUT2D eigenvalue weighted by Gasteiger charge is 2.18. The first-order valence-corrected chi connectivity index (χ1v) is 7.06. The molecule has 2 aromatic carbocycles. The van der Waals surface area contributed by atoms with E-state index >= 15 is 0 Å². The van der Waals surface area contributed by atoms with Crippen LogP contribution in [0.5, 0.6) is 0 Å². The second kappa shape index (κ2) is 4.97. The fourth-order valence-electron chi connectivity index (χ4n) is 1.62. The van der Waals surface area contributed by atoms with E-state index < -0.39 is 27.2 Å². The summed E-state index contributed by atoms with van der Waals surface area (Å²) in [5.41, 5.74) is 5.69. The largest absolute Gasteiger partial charge is 0.399 e. The first kappa shape index (κ1) is 13.5. The van der Waals surface area contributed by atoms with Gasteiger partial charge in [-0.2, -0.15) is 0 Å². The van der Waals surface area contributed by atoms with E-state index in [1.807, 2.05) is 0 Å². The molecule has 2 rings (SSSR count). The van der Waals surface area contributed by atoms with Crippen LogP contribution < -0.4 is 5.73 Å². The number of nitrogen functional groups attached to an aromatic ring is 1. The molecule has 0 atom stereocenters. The molecule has 0 aliphatic carbocycles. The van der Waals surface area contributed by atoms with E-state index in [0.29, 0.717) is 5.69 Å². The average molecular weight is 283 g/mol. The van der Waals surface area contributed by atoms with Gasteiger partial charge >= 0.3 is 0 Å². The van der Waals surface area contributed by atoms with Crippen molar-refractivity contribution in [2.24, 2.45) is 0 Å². The number of sulfone groups is 1. The predicted octanol–water partition coefficient (Wildman–Crippen LogP) is 2.52. The van der Waals surface area contributed by atoms with Gasteiger partial charge in [-0.1, -0.05) is 0 Å². The molecule has 0 fully saturated rings. The molecule has 0 aliphatic heterocycles. The van der Waals surface area contributed by atoms with Crippen LogP contribution in [0.25, 0.3) is 0 Å². The Bertz CT molecular complexity index is 697. The van der Waals surface area contributed by atoms with Gasteiger partial charge in [-0.3, -0.25) is 0 Å². The highest BCUT2D eigenvalue weighted by molar-refractivity contribution is 7.90. The first-order valence-electron chi connectivity index (χ1n) is 5.41. The molecule has 0 heterocycles. The van der Waals surface area contributed by atoms with Crippen LogP contribution in [-0.4, -0.2) is 8.42 Å². The van der Waals surface area contributed by atoms with Gasteiger partial charge in [-0.05, 0) is 42.5 Å². The Kier molecular flexibility index (Phi) is 3.53. The van der Waals surface area contributed by atoms with E-state index in [1.54, 1.807) is 0 Å². The molecule has 0 aromatic heterocycles. The average Bonchev–Trinajstić information content (AvgIpc) is 2.34. The summed E-state index contributed by atoms with van der Waals surface area (Å²) in [6.45, 7) is 0. The van der Waals surface area contributed by atoms with Crippen LogP contribution in [0.2, 0.25) is 0 Å². The molecule has 0 bridgehead atoms. The fraction of sp³-hybridized carbons (Fsp3) is 0.0769. The zero-order chi connectivity index (χ0) is 14.0. The van der Waals surface area contributed by atoms with Crippen molar-refractivity contribution in [3.63, 3.8) is 0 Å². The highest BCUT2D eigenvalue weighted by atomic mass is 32.2. The van der Waals surface area contributed by atoms with Gasteiger partial charge < -0.3 is 5.73 Å². The topological polar surface area (TPSA) is 60.2 Å². The monoisotopic (exact) mass is 283 g/mol. The number of benzene rings is 2. The lowest BCUT2D eigenvalue weighted by atomic mass is 10.2. The smallest absolute Gasteiger partial charge is 0.182 e. The van der Waals surface area contributed by atoms with Crippen molar-refractivity contribution >= 4 is 15.5 Å². The van der Waals surface area contributed by atoms with E-state index in [9.17, 15) is 17.2 Å². The zero-order valence-electron chi connectivity index (χ0n) is 9.81. The second-order valence-electron chi connectivity index (χ2n) is 4.06. The van der Waals surface area contributed by atoms with Gasteiger partial charge in [0.05, 0.1) is 10.6 Å². The van der Waals surface area contributed by atoms with E-state index in [-0.39, 0.29) is 10.5 Å². The summed E-state index contributed by atoms with van der Waals surface area (Å²) in [4.78, 5) is 0.0189. The maximum atomic E-state index is 13.4. The molecule has 100 valence electrons. The molecular formula is C13H11F2NO2S. The van der Waals surface area contributed by atoms with Crippen molar-refractivity contribution in [2.45, 2.75) is 10.6 Å². The van der Waals surface area contributed by atoms with E-state index in [4.69, 9.17) is 5.73 Å². The standard InChI is InChI=1S/C13H11F2NO2S/c14-10-1-6-13(15)9(7-10)8-19(17,18)12-4-2-11(16)3-5-12/h1-7H,8,16H2. The minimum absolute atomic E-state index is 0.0189. The summed E-state index contributed by atoms with van der Waals surface area (Å²) >= 11 is 0. The Morgan fingerprint density at radius 1 is 1.00 bits per heavy atom. The van der Waals surface area contributed by atoms with Gasteiger partial charge in [0, 0.05) is 11.3 Å². The molecule has 0 unspecified atom stereocenters. The minimum Gasteiger partial charge on any atom is -0.399 e. The molecule has 0 spiro atoms. The van der Waals surface area contributed by atoms with Crippen molar-refractivity contribution in [3.8, 4) is 0 Å². The molecular weight excluding hydrogens is 272 g/mol. The number of halogens is 2. The summed E-state index contributed by atoms with van der Waals surface area (Å²) in [5.74, 6) is -2.02. The van der Waals surface area contributed by atoms with Crippen LogP contribution in [0.1, 0.15) is 5.56 Å². The summed E-state index contributed by atoms with van der Waals surface area (Å²) < 4.78 is 50.5. The lowest BCUT2D eigenvalue weighted by Gasteiger charge is -2.06. The summed E-state index contributed by atoms with van der Waals surface area (Å²) in [5, 5.41) is 0. The minimum atomic E-state index is -3.73. The Morgan fingerprint density at radius 2 is 1.63 bits per heavy atom. The number of anilines is 1. The quantitative estimate of drug-likeness (QED) is 0.880. The van der Waals surface area contributed by atoms with Crippen LogP contribution in [0.15, 0.2) is 47.4 Å². The van der Waals surface area contributed by atoms with Crippen molar-refractivity contribution < 1.29 is 17.2 Å². The fourth-order valence-corrected chi connectivity index (χ4v) is 2.97. The van der Waals surface area contributed by atoms with Gasteiger partial charge in [0.1, 0.15) is 11.6 Å². The van der Waals surface area contributed by atoms with E-state index in [1.165, 1.54) is 24.3 Å².